The van der Waals surface area contributed by atoms with Gasteiger partial charge in [-0.05, 0) is 29.7 Å². The molecule has 0 spiro atoms. The van der Waals surface area contributed by atoms with E-state index in [4.69, 9.17) is 0 Å². The number of rotatable bonds is 6. The second kappa shape index (κ2) is 9.32. The summed E-state index contributed by atoms with van der Waals surface area (Å²) in [5, 5.41) is 2.45. The minimum atomic E-state index is -0.590. The second-order valence-electron chi connectivity index (χ2n) is 6.96. The molecule has 0 aromatic heterocycles. The van der Waals surface area contributed by atoms with Crippen LogP contribution in [0, 0.1) is 0 Å². The minimum Gasteiger partial charge on any atom is -0.117 e. The van der Waals surface area contributed by atoms with Gasteiger partial charge in [-0.3, -0.25) is 0 Å². The lowest BCUT2D eigenvalue weighted by Crippen LogP contribution is -2.17. The Kier molecular flexibility index (Phi) is 6.36. The quantitative estimate of drug-likeness (QED) is 0.320. The van der Waals surface area contributed by atoms with Gasteiger partial charge < -0.3 is 0 Å². The van der Waals surface area contributed by atoms with E-state index >= 15 is 0 Å². The van der Waals surface area contributed by atoms with Crippen molar-refractivity contribution in [2.24, 2.45) is 0 Å². The van der Waals surface area contributed by atoms with Crippen molar-refractivity contribution in [2.45, 2.75) is 5.16 Å². The normalized spacial score (nSPS) is 11.8. The highest BCUT2D eigenvalue weighted by molar-refractivity contribution is 7.75. The minimum absolute atomic E-state index is 0.271. The summed E-state index contributed by atoms with van der Waals surface area (Å²) in [4.78, 5) is 0. The summed E-state index contributed by atoms with van der Waals surface area (Å²) < 4.78 is 0. The van der Waals surface area contributed by atoms with Crippen molar-refractivity contribution in [2.75, 3.05) is 0 Å². The molecule has 4 aromatic rings. The van der Waals surface area contributed by atoms with E-state index in [1.165, 1.54) is 21.7 Å². The average molecular weight is 410 g/mol. The second-order valence-corrected chi connectivity index (χ2v) is 9.94. The molecule has 0 N–H and O–H groups in total. The van der Waals surface area contributed by atoms with Crippen LogP contribution in [0.25, 0.3) is 0 Å². The Hall–Kier alpha value is -2.52. The van der Waals surface area contributed by atoms with E-state index in [2.05, 4.69) is 142 Å². The predicted molar refractivity (Wildman–Crippen MR) is 132 cm³/mol. The van der Waals surface area contributed by atoms with Crippen LogP contribution in [-0.4, -0.2) is 0 Å². The van der Waals surface area contributed by atoms with Gasteiger partial charge in [0.1, 0.15) is 0 Å². The maximum atomic E-state index is 3.11. The van der Waals surface area contributed by atoms with Crippen LogP contribution in [0.15, 0.2) is 133 Å². The molecule has 0 nitrogen and oxygen atoms in total. The van der Waals surface area contributed by atoms with E-state index in [1.54, 1.807) is 0 Å². The number of hydrogen-bond acceptors (Lipinski definition) is 0. The molecule has 0 aliphatic heterocycles. The third kappa shape index (κ3) is 4.56. The van der Waals surface area contributed by atoms with Gasteiger partial charge >= 0.3 is 0 Å². The van der Waals surface area contributed by atoms with Gasteiger partial charge in [0.25, 0.3) is 0 Å². The summed E-state index contributed by atoms with van der Waals surface area (Å²) in [6.07, 6.45) is 2.37. The highest BCUT2D eigenvalue weighted by Crippen LogP contribution is 2.44. The smallest absolute Gasteiger partial charge is 0.0526 e. The Bertz CT molecular complexity index is 964. The van der Waals surface area contributed by atoms with E-state index in [1.807, 2.05) is 0 Å². The Morgan fingerprint density at radius 2 is 0.862 bits per heavy atom. The van der Waals surface area contributed by atoms with Gasteiger partial charge in [0.2, 0.25) is 0 Å². The van der Waals surface area contributed by atoms with Gasteiger partial charge in [-0.15, -0.1) is 9.24 Å². The zero-order valence-corrected chi connectivity index (χ0v) is 18.3. The molecule has 0 heterocycles. The van der Waals surface area contributed by atoms with Crippen molar-refractivity contribution >= 4 is 27.8 Å². The number of allylic oxidation sites excluding steroid dienone is 1. The Morgan fingerprint density at radius 1 is 0.517 bits per heavy atom. The van der Waals surface area contributed by atoms with Crippen molar-refractivity contribution in [3.8, 4) is 0 Å². The molecule has 0 aliphatic carbocycles. The van der Waals surface area contributed by atoms with Crippen molar-refractivity contribution in [1.29, 1.82) is 0 Å². The van der Waals surface area contributed by atoms with Crippen molar-refractivity contribution < 1.29 is 0 Å². The van der Waals surface area contributed by atoms with E-state index in [-0.39, 0.29) is 5.16 Å². The summed E-state index contributed by atoms with van der Waals surface area (Å²) in [6, 6.07) is 43.0. The topological polar surface area (TPSA) is 0 Å². The summed E-state index contributed by atoms with van der Waals surface area (Å²) in [6.45, 7) is 0. The zero-order chi connectivity index (χ0) is 19.9. The fourth-order valence-electron chi connectivity index (χ4n) is 3.48. The van der Waals surface area contributed by atoms with Crippen LogP contribution in [0.4, 0.5) is 0 Å². The third-order valence-electron chi connectivity index (χ3n) is 5.06. The van der Waals surface area contributed by atoms with Crippen LogP contribution < -0.4 is 10.6 Å². The molecule has 4 rings (SSSR count). The zero-order valence-electron chi connectivity index (χ0n) is 16.2. The van der Waals surface area contributed by atoms with Crippen LogP contribution in [0.3, 0.4) is 0 Å². The SMILES string of the molecule is PC(C=CP(c1ccccc1)c1ccccc1)(c1ccccc1)c1ccccc1. The lowest BCUT2D eigenvalue weighted by molar-refractivity contribution is 0.943. The van der Waals surface area contributed by atoms with Gasteiger partial charge in [0.05, 0.1) is 5.16 Å². The fraction of sp³-hybridized carbons (Fsp3) is 0.0370. The molecule has 29 heavy (non-hydrogen) atoms. The van der Waals surface area contributed by atoms with Crippen molar-refractivity contribution in [3.63, 3.8) is 0 Å². The van der Waals surface area contributed by atoms with Crippen LogP contribution >= 0.6 is 17.2 Å². The molecular weight excluding hydrogens is 386 g/mol. The van der Waals surface area contributed by atoms with Gasteiger partial charge in [-0.1, -0.05) is 133 Å². The summed E-state index contributed by atoms with van der Waals surface area (Å²) in [5.41, 5.74) is 2.53. The Morgan fingerprint density at radius 3 is 1.24 bits per heavy atom. The molecule has 142 valence electrons. The van der Waals surface area contributed by atoms with Crippen LogP contribution in [0.5, 0.6) is 0 Å². The highest BCUT2D eigenvalue weighted by Gasteiger charge is 2.26. The Balaban J connectivity index is 1.81. The van der Waals surface area contributed by atoms with E-state index in [0.29, 0.717) is 0 Å². The van der Waals surface area contributed by atoms with Gasteiger partial charge in [0, 0.05) is 0 Å². The van der Waals surface area contributed by atoms with E-state index in [9.17, 15) is 0 Å². The van der Waals surface area contributed by atoms with Gasteiger partial charge in [-0.2, -0.15) is 0 Å². The molecule has 1 atom stereocenters. The van der Waals surface area contributed by atoms with Crippen LogP contribution in [-0.2, 0) is 5.16 Å². The number of benzene rings is 4. The molecule has 0 fully saturated rings. The molecule has 1 unspecified atom stereocenters. The number of hydrogen-bond donors (Lipinski definition) is 0. The third-order valence-corrected chi connectivity index (χ3v) is 8.07. The molecule has 0 bridgehead atoms. The first-order valence-corrected chi connectivity index (χ1v) is 11.7. The molecule has 2 heteroatoms. The summed E-state index contributed by atoms with van der Waals surface area (Å²) in [5.74, 6) is 2.41. The molecule has 0 amide bonds. The van der Waals surface area contributed by atoms with Crippen LogP contribution in [0.1, 0.15) is 11.1 Å². The first kappa shape index (κ1) is 19.8. The summed E-state index contributed by atoms with van der Waals surface area (Å²) in [7, 11) is 2.52. The first-order valence-electron chi connectivity index (χ1n) is 9.76. The van der Waals surface area contributed by atoms with Crippen LogP contribution in [0.2, 0.25) is 0 Å². The summed E-state index contributed by atoms with van der Waals surface area (Å²) >= 11 is 0. The molecule has 0 saturated heterocycles. The molecule has 4 aromatic carbocycles. The van der Waals surface area contributed by atoms with E-state index in [0.717, 1.165) is 0 Å². The largest absolute Gasteiger partial charge is 0.117 e. The van der Waals surface area contributed by atoms with E-state index < -0.39 is 7.92 Å². The lowest BCUT2D eigenvalue weighted by atomic mass is 9.90. The van der Waals surface area contributed by atoms with Gasteiger partial charge in [0.15, 0.2) is 0 Å². The monoisotopic (exact) mass is 410 g/mol. The van der Waals surface area contributed by atoms with Crippen molar-refractivity contribution in [1.82, 2.24) is 0 Å². The van der Waals surface area contributed by atoms with Gasteiger partial charge in [-0.25, -0.2) is 0 Å². The van der Waals surface area contributed by atoms with Crippen molar-refractivity contribution in [3.05, 3.63) is 144 Å². The molecule has 0 radical (unpaired) electrons. The molecule has 0 aliphatic rings. The Labute approximate surface area is 177 Å². The fourth-order valence-corrected chi connectivity index (χ4v) is 6.13. The maximum absolute atomic E-state index is 3.11. The first-order chi connectivity index (χ1) is 14.3. The molecular formula is C27H24P2. The molecule has 0 saturated carbocycles. The highest BCUT2D eigenvalue weighted by atomic mass is 31.1. The maximum Gasteiger partial charge on any atom is 0.0526 e. The predicted octanol–water partition coefficient (Wildman–Crippen LogP) is 6.45. The average Bonchev–Trinajstić information content (AvgIpc) is 2.81. The standard InChI is InChI=1S/C27H24P2/c28-27(23-13-5-1-6-14-23,24-15-7-2-8-16-24)21-22-29(25-17-9-3-10-18-25)26-19-11-4-12-20-26/h1-22H,28H2. The lowest BCUT2D eigenvalue weighted by Gasteiger charge is -2.28.